The zero-order valence-corrected chi connectivity index (χ0v) is 15.5. The molecule has 3 aromatic rings. The van der Waals surface area contributed by atoms with E-state index in [1.807, 2.05) is 18.2 Å². The Morgan fingerprint density at radius 1 is 1.43 bits per heavy atom. The second-order valence-corrected chi connectivity index (χ2v) is 7.49. The smallest absolute Gasteiger partial charge is 0.290 e. The van der Waals surface area contributed by atoms with E-state index < -0.39 is 0 Å². The van der Waals surface area contributed by atoms with Crippen molar-refractivity contribution in [3.05, 3.63) is 36.4 Å². The monoisotopic (exact) mass is 382 g/mol. The van der Waals surface area contributed by atoms with Crippen LogP contribution in [0.15, 0.2) is 35.1 Å². The fraction of sp³-hybridized carbons (Fsp3) is 0.400. The van der Waals surface area contributed by atoms with Crippen LogP contribution in [0, 0.1) is 11.8 Å². The van der Waals surface area contributed by atoms with E-state index in [0.717, 1.165) is 29.4 Å². The molecule has 1 saturated heterocycles. The fourth-order valence-corrected chi connectivity index (χ4v) is 4.60. The molecule has 8 nitrogen and oxygen atoms in total. The molecule has 146 valence electrons. The number of hydrogen-bond acceptors (Lipinski definition) is 6. The molecule has 8 heteroatoms. The van der Waals surface area contributed by atoms with E-state index in [4.69, 9.17) is 14.3 Å². The number of aromatic amines is 1. The first-order valence-corrected chi connectivity index (χ1v) is 9.30. The highest BCUT2D eigenvalue weighted by molar-refractivity contribution is 6.06. The van der Waals surface area contributed by atoms with Crippen molar-refractivity contribution in [3.8, 4) is 11.5 Å². The first-order chi connectivity index (χ1) is 13.6. The van der Waals surface area contributed by atoms with Gasteiger partial charge >= 0.3 is 0 Å². The molecule has 2 N–H and O–H groups in total. The van der Waals surface area contributed by atoms with Gasteiger partial charge in [0.1, 0.15) is 12.0 Å². The first kappa shape index (κ1) is 18.4. The van der Waals surface area contributed by atoms with Gasteiger partial charge < -0.3 is 14.4 Å². The number of Topliss-reactive ketones (excluding diaryl/α,β-unsaturated/α-hetero) is 1. The predicted molar refractivity (Wildman–Crippen MR) is 102 cm³/mol. The molecule has 28 heavy (non-hydrogen) atoms. The summed E-state index contributed by atoms with van der Waals surface area (Å²) in [6.45, 7) is 0.878. The summed E-state index contributed by atoms with van der Waals surface area (Å²) in [5.41, 5.74) is 2.27. The minimum atomic E-state index is -0.250. The molecule has 5 rings (SSSR count). The number of fused-ring (bicyclic) bond motifs is 3. The predicted octanol–water partition coefficient (Wildman–Crippen LogP) is 2.83. The third-order valence-electron chi connectivity index (χ3n) is 5.92. The molecule has 1 aromatic carbocycles. The van der Waals surface area contributed by atoms with Gasteiger partial charge in [0.15, 0.2) is 5.78 Å². The van der Waals surface area contributed by atoms with Gasteiger partial charge in [-0.05, 0) is 49.9 Å². The molecule has 2 aromatic heterocycles. The summed E-state index contributed by atoms with van der Waals surface area (Å²) in [6, 6.07) is 6.45. The molecule has 2 bridgehead atoms. The molecule has 3 unspecified atom stereocenters. The van der Waals surface area contributed by atoms with E-state index in [1.165, 1.54) is 6.42 Å². The van der Waals surface area contributed by atoms with Crippen LogP contribution >= 0.6 is 0 Å². The Morgan fingerprint density at radius 3 is 2.89 bits per heavy atom. The van der Waals surface area contributed by atoms with Gasteiger partial charge in [0.2, 0.25) is 5.89 Å². The summed E-state index contributed by atoms with van der Waals surface area (Å²) in [4.78, 5) is 27.8. The second kappa shape index (κ2) is 7.55. The number of oxazole rings is 1. The number of nitrogens with zero attached hydrogens (tertiary/aromatic N) is 3. The Balaban J connectivity index is 0.000000604. The maximum Gasteiger partial charge on any atom is 0.290 e. The number of benzene rings is 1. The van der Waals surface area contributed by atoms with Crippen LogP contribution < -0.4 is 0 Å². The number of rotatable bonds is 4. The van der Waals surface area contributed by atoms with Crippen molar-refractivity contribution in [2.75, 3.05) is 13.6 Å². The first-order valence-electron chi connectivity index (χ1n) is 9.30. The molecular formula is C20H22N4O4. The lowest BCUT2D eigenvalue weighted by Gasteiger charge is -2.27. The van der Waals surface area contributed by atoms with Crippen LogP contribution in [0.5, 0.6) is 0 Å². The van der Waals surface area contributed by atoms with E-state index in [-0.39, 0.29) is 12.3 Å². The van der Waals surface area contributed by atoms with E-state index in [1.54, 1.807) is 12.5 Å². The molecule has 2 fully saturated rings. The minimum absolute atomic E-state index is 0.148. The Bertz CT molecular complexity index is 979. The van der Waals surface area contributed by atoms with Gasteiger partial charge in [-0.3, -0.25) is 14.7 Å². The third kappa shape index (κ3) is 3.31. The molecule has 2 aliphatic rings. The lowest BCUT2D eigenvalue weighted by atomic mass is 9.89. The van der Waals surface area contributed by atoms with Gasteiger partial charge in [-0.1, -0.05) is 0 Å². The van der Waals surface area contributed by atoms with Gasteiger partial charge in [0, 0.05) is 30.0 Å². The molecule has 1 aliphatic heterocycles. The van der Waals surface area contributed by atoms with Crippen LogP contribution in [-0.4, -0.2) is 57.1 Å². The van der Waals surface area contributed by atoms with Crippen molar-refractivity contribution in [2.24, 2.45) is 11.8 Å². The maximum atomic E-state index is 12.8. The number of ketones is 1. The van der Waals surface area contributed by atoms with E-state index in [2.05, 4.69) is 27.1 Å². The van der Waals surface area contributed by atoms with Crippen LogP contribution in [-0.2, 0) is 4.79 Å². The van der Waals surface area contributed by atoms with Crippen molar-refractivity contribution in [1.29, 1.82) is 0 Å². The zero-order chi connectivity index (χ0) is 19.7. The van der Waals surface area contributed by atoms with Crippen LogP contribution in [0.3, 0.4) is 0 Å². The summed E-state index contributed by atoms with van der Waals surface area (Å²) in [7, 11) is 2.19. The Hall–Kier alpha value is -3.00. The largest absolute Gasteiger partial charge is 0.483 e. The van der Waals surface area contributed by atoms with Crippen LogP contribution in [0.1, 0.15) is 29.8 Å². The zero-order valence-electron chi connectivity index (χ0n) is 15.5. The van der Waals surface area contributed by atoms with Gasteiger partial charge in [-0.15, -0.1) is 0 Å². The molecule has 1 aliphatic carbocycles. The number of carbonyl (C=O) groups is 2. The second-order valence-electron chi connectivity index (χ2n) is 7.49. The standard InChI is InChI=1S/C19H20N4O2.CH2O2/c1-23-10-13-7-14(23)6-12(13)9-17(24)18-15-3-2-11(8-16(15)21-22-18)19-20-4-5-25-19;2-1-3/h2-5,8,12-14H,6-7,9-10H2,1H3,(H,21,22);1H,(H,2,3). The van der Waals surface area contributed by atoms with Crippen LogP contribution in [0.25, 0.3) is 22.4 Å². The van der Waals surface area contributed by atoms with Gasteiger partial charge in [-0.2, -0.15) is 5.10 Å². The fourth-order valence-electron chi connectivity index (χ4n) is 4.60. The summed E-state index contributed by atoms with van der Waals surface area (Å²) < 4.78 is 5.33. The van der Waals surface area contributed by atoms with E-state index >= 15 is 0 Å². The highest BCUT2D eigenvalue weighted by Crippen LogP contribution is 2.43. The average Bonchev–Trinajstić information content (AvgIpc) is 3.45. The Labute approximate surface area is 161 Å². The number of aromatic nitrogens is 3. The molecule has 0 amide bonds. The summed E-state index contributed by atoms with van der Waals surface area (Å²) in [6.07, 6.45) is 6.16. The van der Waals surface area contributed by atoms with Crippen molar-refractivity contribution in [3.63, 3.8) is 0 Å². The maximum absolute atomic E-state index is 12.8. The number of carboxylic acid groups (broad SMARTS) is 1. The van der Waals surface area contributed by atoms with E-state index in [0.29, 0.717) is 35.9 Å². The molecule has 3 heterocycles. The van der Waals surface area contributed by atoms with Crippen molar-refractivity contribution in [1.82, 2.24) is 20.1 Å². The van der Waals surface area contributed by atoms with Gasteiger partial charge in [-0.25, -0.2) is 4.98 Å². The molecular weight excluding hydrogens is 360 g/mol. The third-order valence-corrected chi connectivity index (χ3v) is 5.92. The number of likely N-dealkylation sites (tertiary alicyclic amines) is 1. The van der Waals surface area contributed by atoms with Gasteiger partial charge in [0.05, 0.1) is 11.7 Å². The minimum Gasteiger partial charge on any atom is -0.483 e. The summed E-state index contributed by atoms with van der Waals surface area (Å²) >= 11 is 0. The lowest BCUT2D eigenvalue weighted by Crippen LogP contribution is -2.32. The number of piperidine rings is 1. The molecule has 1 saturated carbocycles. The number of nitrogens with one attached hydrogen (secondary N) is 1. The van der Waals surface area contributed by atoms with Crippen molar-refractivity contribution >= 4 is 23.2 Å². The summed E-state index contributed by atoms with van der Waals surface area (Å²) in [5, 5.41) is 15.1. The highest BCUT2D eigenvalue weighted by atomic mass is 16.3. The average molecular weight is 382 g/mol. The SMILES string of the molecule is CN1CC2CC1CC2CC(=O)c1n[nH]c2cc(-c3ncco3)ccc12.O=CO. The molecule has 0 radical (unpaired) electrons. The van der Waals surface area contributed by atoms with Crippen LogP contribution in [0.4, 0.5) is 0 Å². The lowest BCUT2D eigenvalue weighted by molar-refractivity contribution is -0.122. The molecule has 3 atom stereocenters. The van der Waals surface area contributed by atoms with Crippen LogP contribution in [0.2, 0.25) is 0 Å². The quantitative estimate of drug-likeness (QED) is 0.527. The normalized spacial score (nSPS) is 23.5. The van der Waals surface area contributed by atoms with Gasteiger partial charge in [0.25, 0.3) is 6.47 Å². The molecule has 0 spiro atoms. The van der Waals surface area contributed by atoms with Crippen molar-refractivity contribution < 1.29 is 19.1 Å². The Morgan fingerprint density at radius 2 is 2.25 bits per heavy atom. The van der Waals surface area contributed by atoms with E-state index in [9.17, 15) is 4.79 Å². The number of H-pyrrole nitrogens is 1. The number of hydrogen-bond donors (Lipinski definition) is 2. The number of carbonyl (C=O) groups excluding carboxylic acids is 1. The highest BCUT2D eigenvalue weighted by Gasteiger charge is 2.43. The topological polar surface area (TPSA) is 112 Å². The van der Waals surface area contributed by atoms with Crippen molar-refractivity contribution in [2.45, 2.75) is 25.3 Å². The summed E-state index contributed by atoms with van der Waals surface area (Å²) in [5.74, 6) is 1.89. The Kier molecular flexibility index (Phi) is 4.95.